The van der Waals surface area contributed by atoms with Gasteiger partial charge < -0.3 is 14.7 Å². The number of pyridine rings is 1. The van der Waals surface area contributed by atoms with E-state index in [9.17, 15) is 9.59 Å². The van der Waals surface area contributed by atoms with E-state index in [1.807, 2.05) is 0 Å². The molecule has 1 aromatic rings. The minimum atomic E-state index is -1.02. The number of aromatic nitrogens is 1. The molecular formula is C12H11ClN2O4. The van der Waals surface area contributed by atoms with Gasteiger partial charge in [-0.05, 0) is 13.0 Å². The number of amides is 1. The lowest BCUT2D eigenvalue weighted by atomic mass is 9.91. The molecule has 0 saturated carbocycles. The predicted octanol–water partition coefficient (Wildman–Crippen LogP) is 1.87. The molecule has 0 bridgehead atoms. The van der Waals surface area contributed by atoms with Gasteiger partial charge >= 0.3 is 12.1 Å². The number of likely N-dealkylation sites (tertiary alicyclic amines) is 1. The van der Waals surface area contributed by atoms with E-state index in [1.165, 1.54) is 11.1 Å². The van der Waals surface area contributed by atoms with E-state index in [2.05, 4.69) is 4.98 Å². The molecule has 2 atom stereocenters. The Morgan fingerprint density at radius 1 is 1.68 bits per heavy atom. The third-order valence-electron chi connectivity index (χ3n) is 3.72. The zero-order valence-corrected chi connectivity index (χ0v) is 10.8. The second-order valence-corrected chi connectivity index (χ2v) is 5.23. The lowest BCUT2D eigenvalue weighted by Gasteiger charge is -2.22. The molecule has 3 heterocycles. The van der Waals surface area contributed by atoms with Crippen molar-refractivity contribution in [2.75, 3.05) is 6.54 Å². The quantitative estimate of drug-likeness (QED) is 0.580. The molecule has 1 unspecified atom stereocenters. The van der Waals surface area contributed by atoms with Crippen molar-refractivity contribution in [2.45, 2.75) is 25.0 Å². The van der Waals surface area contributed by atoms with Crippen LogP contribution < -0.4 is 0 Å². The summed E-state index contributed by atoms with van der Waals surface area (Å²) >= 11 is 5.92. The van der Waals surface area contributed by atoms with Crippen molar-refractivity contribution in [1.82, 2.24) is 9.88 Å². The monoisotopic (exact) mass is 282 g/mol. The number of fused-ring (bicyclic) bond motifs is 2. The van der Waals surface area contributed by atoms with Crippen molar-refractivity contribution in [3.8, 4) is 0 Å². The van der Waals surface area contributed by atoms with E-state index >= 15 is 0 Å². The molecule has 1 saturated heterocycles. The molecular weight excluding hydrogens is 272 g/mol. The fourth-order valence-electron chi connectivity index (χ4n) is 2.90. The van der Waals surface area contributed by atoms with Gasteiger partial charge in [0.05, 0.1) is 6.54 Å². The second kappa shape index (κ2) is 3.84. The summed E-state index contributed by atoms with van der Waals surface area (Å²) in [5, 5.41) is 9.24. The summed E-state index contributed by atoms with van der Waals surface area (Å²) in [6, 6.07) is 1.45. The van der Waals surface area contributed by atoms with Crippen LogP contribution in [0.1, 0.15) is 29.3 Å². The van der Waals surface area contributed by atoms with Gasteiger partial charge in [-0.15, -0.1) is 0 Å². The molecule has 1 N–H and O–H groups in total. The third kappa shape index (κ3) is 1.59. The van der Waals surface area contributed by atoms with Crippen LogP contribution in [0, 0.1) is 0 Å². The Morgan fingerprint density at radius 3 is 3.05 bits per heavy atom. The van der Waals surface area contributed by atoms with Gasteiger partial charge in [0.15, 0.2) is 5.60 Å². The third-order valence-corrected chi connectivity index (χ3v) is 4.00. The van der Waals surface area contributed by atoms with Gasteiger partial charge in [0.2, 0.25) is 0 Å². The minimum absolute atomic E-state index is 0.0980. The largest absolute Gasteiger partial charge is 0.465 e. The molecule has 0 aromatic carbocycles. The zero-order chi connectivity index (χ0) is 13.8. The molecule has 1 spiro atoms. The van der Waals surface area contributed by atoms with Crippen molar-refractivity contribution < 1.29 is 19.4 Å². The van der Waals surface area contributed by atoms with Crippen LogP contribution in [0.5, 0.6) is 0 Å². The maximum atomic E-state index is 11.9. The van der Waals surface area contributed by atoms with Crippen LogP contribution in [0.3, 0.4) is 0 Å². The molecule has 100 valence electrons. The Kier molecular flexibility index (Phi) is 2.47. The van der Waals surface area contributed by atoms with E-state index in [0.29, 0.717) is 12.0 Å². The molecule has 7 heteroatoms. The van der Waals surface area contributed by atoms with E-state index in [4.69, 9.17) is 21.4 Å². The van der Waals surface area contributed by atoms with Crippen LogP contribution in [0.15, 0.2) is 12.3 Å². The summed E-state index contributed by atoms with van der Waals surface area (Å²) in [6.45, 7) is 1.92. The first kappa shape index (κ1) is 12.2. The number of ether oxygens (including phenoxy) is 1. The van der Waals surface area contributed by atoms with E-state index < -0.39 is 17.7 Å². The molecule has 2 aliphatic rings. The smallest absolute Gasteiger partial charge is 0.407 e. The van der Waals surface area contributed by atoms with Crippen molar-refractivity contribution in [3.63, 3.8) is 0 Å². The van der Waals surface area contributed by atoms with E-state index in [1.54, 1.807) is 13.0 Å². The minimum Gasteiger partial charge on any atom is -0.465 e. The van der Waals surface area contributed by atoms with Gasteiger partial charge in [-0.25, -0.2) is 14.6 Å². The number of carbonyl (C=O) groups is 2. The van der Waals surface area contributed by atoms with E-state index in [0.717, 1.165) is 0 Å². The maximum Gasteiger partial charge on any atom is 0.407 e. The van der Waals surface area contributed by atoms with Crippen LogP contribution in [0.25, 0.3) is 0 Å². The molecule has 2 aliphatic heterocycles. The Labute approximate surface area is 113 Å². The number of halogens is 1. The summed E-state index contributed by atoms with van der Waals surface area (Å²) in [5.74, 6) is -0.535. The molecule has 0 aliphatic carbocycles. The Morgan fingerprint density at radius 2 is 2.42 bits per heavy atom. The number of carboxylic acid groups (broad SMARTS) is 1. The average Bonchev–Trinajstić information content (AvgIpc) is 2.79. The summed E-state index contributed by atoms with van der Waals surface area (Å²) in [5.41, 5.74) is -0.0340. The van der Waals surface area contributed by atoms with Crippen molar-refractivity contribution in [2.24, 2.45) is 0 Å². The summed E-state index contributed by atoms with van der Waals surface area (Å²) in [6.07, 6.45) is 0.909. The number of esters is 1. The number of hydrogen-bond donors (Lipinski definition) is 1. The molecule has 1 aromatic heterocycles. The first-order chi connectivity index (χ1) is 8.94. The molecule has 1 fully saturated rings. The maximum absolute atomic E-state index is 11.9. The van der Waals surface area contributed by atoms with Crippen molar-refractivity contribution >= 4 is 23.7 Å². The number of carbonyl (C=O) groups excluding carboxylic acids is 1. The van der Waals surface area contributed by atoms with Gasteiger partial charge in [0.1, 0.15) is 10.7 Å². The standard InChI is InChI=1S/C12H11ClN2O4/c1-6-4-12(5-15(6)11(17)18)7-2-3-14-9(13)8(7)10(16)19-12/h2-3,6H,4-5H2,1H3,(H,17,18)/t6-,12?/m0/s1. The van der Waals surface area contributed by atoms with Crippen molar-refractivity contribution in [3.05, 3.63) is 28.5 Å². The van der Waals surface area contributed by atoms with Crippen molar-refractivity contribution in [1.29, 1.82) is 0 Å². The number of nitrogens with zero attached hydrogens (tertiary/aromatic N) is 2. The fraction of sp³-hybridized carbons (Fsp3) is 0.417. The molecule has 3 rings (SSSR count). The Balaban J connectivity index is 2.09. The second-order valence-electron chi connectivity index (χ2n) is 4.87. The van der Waals surface area contributed by atoms with Crippen LogP contribution >= 0.6 is 11.6 Å². The van der Waals surface area contributed by atoms with Crippen LogP contribution in [0.4, 0.5) is 4.79 Å². The molecule has 6 nitrogen and oxygen atoms in total. The lowest BCUT2D eigenvalue weighted by molar-refractivity contribution is -0.00302. The Hall–Kier alpha value is -1.82. The first-order valence-corrected chi connectivity index (χ1v) is 6.20. The SMILES string of the molecule is C[C@H]1CC2(CN1C(=O)O)OC(=O)c1c2ccnc1Cl. The van der Waals surface area contributed by atoms with E-state index in [-0.39, 0.29) is 23.3 Å². The highest BCUT2D eigenvalue weighted by Crippen LogP contribution is 2.46. The summed E-state index contributed by atoms with van der Waals surface area (Å²) < 4.78 is 5.44. The Bertz CT molecular complexity index is 591. The highest BCUT2D eigenvalue weighted by molar-refractivity contribution is 6.32. The van der Waals surface area contributed by atoms with Gasteiger partial charge in [-0.1, -0.05) is 11.6 Å². The average molecular weight is 283 g/mol. The van der Waals surface area contributed by atoms with Crippen LogP contribution in [0.2, 0.25) is 5.15 Å². The summed E-state index contributed by atoms with van der Waals surface area (Å²) in [7, 11) is 0. The molecule has 0 radical (unpaired) electrons. The summed E-state index contributed by atoms with van der Waals surface area (Å²) in [4.78, 5) is 28.2. The van der Waals surface area contributed by atoms with Gasteiger partial charge in [0, 0.05) is 24.2 Å². The van der Waals surface area contributed by atoms with Gasteiger partial charge in [-0.3, -0.25) is 0 Å². The molecule has 19 heavy (non-hydrogen) atoms. The van der Waals surface area contributed by atoms with Gasteiger partial charge in [-0.2, -0.15) is 0 Å². The zero-order valence-electron chi connectivity index (χ0n) is 10.1. The molecule has 1 amide bonds. The number of rotatable bonds is 0. The fourth-order valence-corrected chi connectivity index (χ4v) is 3.14. The normalized spacial score (nSPS) is 28.6. The topological polar surface area (TPSA) is 79.7 Å². The predicted molar refractivity (Wildman–Crippen MR) is 65.2 cm³/mol. The first-order valence-electron chi connectivity index (χ1n) is 5.82. The van der Waals surface area contributed by atoms with Crippen LogP contribution in [-0.4, -0.2) is 39.6 Å². The van der Waals surface area contributed by atoms with Crippen LogP contribution in [-0.2, 0) is 10.3 Å². The van der Waals surface area contributed by atoms with Gasteiger partial charge in [0.25, 0.3) is 0 Å². The highest BCUT2D eigenvalue weighted by atomic mass is 35.5. The lowest BCUT2D eigenvalue weighted by Crippen LogP contribution is -2.35. The highest BCUT2D eigenvalue weighted by Gasteiger charge is 2.54. The number of hydrogen-bond acceptors (Lipinski definition) is 4.